The lowest BCUT2D eigenvalue weighted by Crippen LogP contribution is -2.23. The number of hydrogen-bond donors (Lipinski definition) is 0. The molecule has 1 aliphatic rings. The van der Waals surface area contributed by atoms with Gasteiger partial charge >= 0.3 is 5.97 Å². The first-order chi connectivity index (χ1) is 11.0. The van der Waals surface area contributed by atoms with Crippen molar-refractivity contribution in [3.8, 4) is 0 Å². The van der Waals surface area contributed by atoms with Crippen molar-refractivity contribution in [3.63, 3.8) is 0 Å². The summed E-state index contributed by atoms with van der Waals surface area (Å²) in [5, 5.41) is 11.1. The minimum Gasteiger partial charge on any atom is -0.466 e. The molecule has 7 heteroatoms. The van der Waals surface area contributed by atoms with E-state index in [1.54, 1.807) is 13.0 Å². The molecule has 0 saturated carbocycles. The first-order valence-corrected chi connectivity index (χ1v) is 8.09. The van der Waals surface area contributed by atoms with E-state index >= 15 is 0 Å². The molecule has 1 fully saturated rings. The maximum absolute atomic E-state index is 12.3. The Hall–Kier alpha value is -1.66. The van der Waals surface area contributed by atoms with Crippen LogP contribution in [-0.4, -0.2) is 30.7 Å². The number of hydrogen-bond acceptors (Lipinski definition) is 5. The minimum absolute atomic E-state index is 0.0624. The van der Waals surface area contributed by atoms with Gasteiger partial charge in [-0.25, -0.2) is 0 Å². The molecule has 1 aliphatic heterocycles. The lowest BCUT2D eigenvalue weighted by atomic mass is 9.85. The molecule has 23 heavy (non-hydrogen) atoms. The van der Waals surface area contributed by atoms with Crippen LogP contribution in [0.4, 0.5) is 5.69 Å². The molecule has 6 nitrogen and oxygen atoms in total. The van der Waals surface area contributed by atoms with Gasteiger partial charge in [0.25, 0.3) is 5.69 Å². The van der Waals surface area contributed by atoms with Crippen LogP contribution in [0.2, 0.25) is 5.02 Å². The summed E-state index contributed by atoms with van der Waals surface area (Å²) >= 11 is 5.85. The summed E-state index contributed by atoms with van der Waals surface area (Å²) in [6.07, 6.45) is 2.36. The Morgan fingerprint density at radius 1 is 1.48 bits per heavy atom. The third-order valence-corrected chi connectivity index (χ3v) is 4.37. The average Bonchev–Trinajstić information content (AvgIpc) is 2.54. The molecule has 1 aromatic carbocycles. The van der Waals surface area contributed by atoms with E-state index in [0.29, 0.717) is 31.1 Å². The highest BCUT2D eigenvalue weighted by atomic mass is 35.5. The number of nitro groups is 1. The monoisotopic (exact) mass is 341 g/mol. The lowest BCUT2D eigenvalue weighted by Gasteiger charge is -2.26. The van der Waals surface area contributed by atoms with Crippen LogP contribution < -0.4 is 0 Å². The van der Waals surface area contributed by atoms with Gasteiger partial charge in [-0.3, -0.25) is 14.9 Å². The van der Waals surface area contributed by atoms with Gasteiger partial charge in [-0.05, 0) is 43.7 Å². The van der Waals surface area contributed by atoms with E-state index in [4.69, 9.17) is 21.1 Å². The molecular formula is C16H20ClNO5. The van der Waals surface area contributed by atoms with E-state index < -0.39 is 10.8 Å². The van der Waals surface area contributed by atoms with Crippen LogP contribution in [0.15, 0.2) is 18.2 Å². The van der Waals surface area contributed by atoms with Crippen LogP contribution in [0.1, 0.15) is 37.7 Å². The first kappa shape index (κ1) is 17.7. The van der Waals surface area contributed by atoms with Gasteiger partial charge in [-0.1, -0.05) is 17.7 Å². The quantitative estimate of drug-likeness (QED) is 0.447. The molecule has 1 saturated heterocycles. The Morgan fingerprint density at radius 3 is 2.78 bits per heavy atom. The van der Waals surface area contributed by atoms with E-state index in [9.17, 15) is 14.9 Å². The third kappa shape index (κ3) is 4.65. The van der Waals surface area contributed by atoms with E-state index in [1.807, 2.05) is 0 Å². The molecule has 2 rings (SSSR count). The summed E-state index contributed by atoms with van der Waals surface area (Å²) in [5.74, 6) is -0.530. The molecule has 1 heterocycles. The van der Waals surface area contributed by atoms with Crippen LogP contribution in [-0.2, 0) is 14.3 Å². The summed E-state index contributed by atoms with van der Waals surface area (Å²) in [6, 6.07) is 4.50. The van der Waals surface area contributed by atoms with Crippen LogP contribution >= 0.6 is 11.6 Å². The topological polar surface area (TPSA) is 78.7 Å². The molecule has 1 atom stereocenters. The zero-order chi connectivity index (χ0) is 16.8. The summed E-state index contributed by atoms with van der Waals surface area (Å²) in [4.78, 5) is 22.9. The predicted octanol–water partition coefficient (Wildman–Crippen LogP) is 3.71. The molecule has 0 radical (unpaired) electrons. The molecule has 1 unspecified atom stereocenters. The van der Waals surface area contributed by atoms with Gasteiger partial charge in [0.15, 0.2) is 0 Å². The SMILES string of the molecule is CCOC(=O)C(CC1CCOCC1)c1ccc(Cl)c([N+](=O)[O-])c1. The van der Waals surface area contributed by atoms with Crippen molar-refractivity contribution in [2.45, 2.75) is 32.1 Å². The minimum atomic E-state index is -0.539. The molecule has 0 spiro atoms. The Balaban J connectivity index is 2.26. The number of carbonyl (C=O) groups is 1. The van der Waals surface area contributed by atoms with E-state index in [1.165, 1.54) is 12.1 Å². The van der Waals surface area contributed by atoms with Crippen LogP contribution in [0.25, 0.3) is 0 Å². The van der Waals surface area contributed by atoms with Crippen molar-refractivity contribution >= 4 is 23.3 Å². The maximum Gasteiger partial charge on any atom is 0.313 e. The van der Waals surface area contributed by atoms with Gasteiger partial charge in [0.2, 0.25) is 0 Å². The number of carbonyl (C=O) groups excluding carboxylic acids is 1. The number of esters is 1. The normalized spacial score (nSPS) is 16.8. The van der Waals surface area contributed by atoms with Crippen LogP contribution in [0, 0.1) is 16.0 Å². The number of benzene rings is 1. The van der Waals surface area contributed by atoms with Crippen LogP contribution in [0.5, 0.6) is 0 Å². The Labute approximate surface area is 139 Å². The van der Waals surface area contributed by atoms with Gasteiger partial charge in [0.05, 0.1) is 17.4 Å². The summed E-state index contributed by atoms with van der Waals surface area (Å²) in [7, 11) is 0. The number of halogens is 1. The van der Waals surface area contributed by atoms with Gasteiger partial charge < -0.3 is 9.47 Å². The Kier molecular flexibility index (Phi) is 6.36. The van der Waals surface area contributed by atoms with E-state index in [2.05, 4.69) is 0 Å². The molecule has 0 amide bonds. The zero-order valence-electron chi connectivity index (χ0n) is 13.0. The smallest absolute Gasteiger partial charge is 0.313 e. The van der Waals surface area contributed by atoms with Crippen molar-refractivity contribution in [2.24, 2.45) is 5.92 Å². The first-order valence-electron chi connectivity index (χ1n) is 7.71. The van der Waals surface area contributed by atoms with E-state index in [0.717, 1.165) is 12.8 Å². The van der Waals surface area contributed by atoms with Crippen molar-refractivity contribution in [1.29, 1.82) is 0 Å². The van der Waals surface area contributed by atoms with Gasteiger partial charge in [0.1, 0.15) is 5.02 Å². The fourth-order valence-electron chi connectivity index (χ4n) is 2.81. The molecular weight excluding hydrogens is 322 g/mol. The highest BCUT2D eigenvalue weighted by Gasteiger charge is 2.29. The molecule has 126 valence electrons. The molecule has 1 aromatic rings. The highest BCUT2D eigenvalue weighted by Crippen LogP contribution is 2.34. The van der Waals surface area contributed by atoms with Crippen molar-refractivity contribution in [2.75, 3.05) is 19.8 Å². The predicted molar refractivity (Wildman–Crippen MR) is 85.6 cm³/mol. The standard InChI is InChI=1S/C16H20ClNO5/c1-2-23-16(19)13(9-11-5-7-22-8-6-11)12-3-4-14(17)15(10-12)18(20)21/h3-4,10-11,13H,2,5-9H2,1H3. The molecule has 0 N–H and O–H groups in total. The molecule has 0 aliphatic carbocycles. The van der Waals surface area contributed by atoms with E-state index in [-0.39, 0.29) is 23.3 Å². The average molecular weight is 342 g/mol. The second-order valence-corrected chi connectivity index (χ2v) is 5.97. The second-order valence-electron chi connectivity index (χ2n) is 5.56. The van der Waals surface area contributed by atoms with Gasteiger partial charge in [0, 0.05) is 19.3 Å². The summed E-state index contributed by atoms with van der Waals surface area (Å²) < 4.78 is 10.5. The fourth-order valence-corrected chi connectivity index (χ4v) is 3.00. The van der Waals surface area contributed by atoms with Gasteiger partial charge in [-0.15, -0.1) is 0 Å². The second kappa shape index (κ2) is 8.26. The Bertz CT molecular complexity index is 572. The number of rotatable bonds is 6. The largest absolute Gasteiger partial charge is 0.466 e. The Morgan fingerprint density at radius 2 is 2.17 bits per heavy atom. The van der Waals surface area contributed by atoms with Crippen molar-refractivity contribution < 1.29 is 19.2 Å². The molecule has 0 aromatic heterocycles. The third-order valence-electron chi connectivity index (χ3n) is 4.05. The van der Waals surface area contributed by atoms with Gasteiger partial charge in [-0.2, -0.15) is 0 Å². The fraction of sp³-hybridized carbons (Fsp3) is 0.562. The highest BCUT2D eigenvalue weighted by molar-refractivity contribution is 6.32. The number of nitro benzene ring substituents is 1. The number of ether oxygens (including phenoxy) is 2. The number of nitrogens with zero attached hydrogens (tertiary/aromatic N) is 1. The summed E-state index contributed by atoms with van der Waals surface area (Å²) in [5.41, 5.74) is 0.386. The lowest BCUT2D eigenvalue weighted by molar-refractivity contribution is -0.384. The van der Waals surface area contributed by atoms with Crippen molar-refractivity contribution in [1.82, 2.24) is 0 Å². The van der Waals surface area contributed by atoms with Crippen molar-refractivity contribution in [3.05, 3.63) is 38.9 Å². The van der Waals surface area contributed by atoms with Crippen LogP contribution in [0.3, 0.4) is 0 Å². The molecule has 0 bridgehead atoms. The maximum atomic E-state index is 12.3. The zero-order valence-corrected chi connectivity index (χ0v) is 13.8. The summed E-state index contributed by atoms with van der Waals surface area (Å²) in [6.45, 7) is 3.38.